The minimum Gasteiger partial charge on any atom is -0.496 e. The second kappa shape index (κ2) is 7.60. The fourth-order valence-electron chi connectivity index (χ4n) is 2.83. The fraction of sp³-hybridized carbons (Fsp3) is 0.625. The number of hydrogen-bond acceptors (Lipinski definition) is 3. The molecule has 4 heteroatoms. The van der Waals surface area contributed by atoms with Crippen LogP contribution in [0.1, 0.15) is 37.8 Å². The molecular formula is C16H24FNO2. The zero-order chi connectivity index (χ0) is 14.4. The van der Waals surface area contributed by atoms with E-state index in [2.05, 4.69) is 12.2 Å². The van der Waals surface area contributed by atoms with Crippen LogP contribution in [0.2, 0.25) is 0 Å². The Bertz CT molecular complexity index is 419. The third-order valence-electron chi connectivity index (χ3n) is 3.83. The van der Waals surface area contributed by atoms with E-state index in [1.807, 2.05) is 6.07 Å². The molecule has 1 saturated heterocycles. The molecule has 20 heavy (non-hydrogen) atoms. The van der Waals surface area contributed by atoms with Crippen LogP contribution in [-0.2, 0) is 4.74 Å². The normalized spacial score (nSPS) is 20.6. The zero-order valence-electron chi connectivity index (χ0n) is 12.3. The average Bonchev–Trinajstić information content (AvgIpc) is 2.50. The molecular weight excluding hydrogens is 257 g/mol. The molecule has 2 atom stereocenters. The molecule has 1 fully saturated rings. The molecule has 1 heterocycles. The average molecular weight is 281 g/mol. The molecule has 0 spiro atoms. The van der Waals surface area contributed by atoms with Gasteiger partial charge < -0.3 is 14.8 Å². The molecule has 0 aromatic heterocycles. The van der Waals surface area contributed by atoms with Crippen molar-refractivity contribution < 1.29 is 13.9 Å². The van der Waals surface area contributed by atoms with E-state index in [9.17, 15) is 4.39 Å². The lowest BCUT2D eigenvalue weighted by Gasteiger charge is -2.32. The van der Waals surface area contributed by atoms with Crippen LogP contribution in [0.15, 0.2) is 18.2 Å². The van der Waals surface area contributed by atoms with E-state index in [0.717, 1.165) is 32.4 Å². The van der Waals surface area contributed by atoms with Gasteiger partial charge >= 0.3 is 0 Å². The third-order valence-corrected chi connectivity index (χ3v) is 3.83. The standard InChI is InChI=1S/C16H24FNO2/c1-3-9-18-16(12-6-5-10-20-11-12)15-13(17)7-4-8-14(15)19-2/h4,7-8,12,16,18H,3,5-6,9-11H2,1-2H3. The fourth-order valence-corrected chi connectivity index (χ4v) is 2.83. The van der Waals surface area contributed by atoms with E-state index < -0.39 is 0 Å². The molecule has 3 nitrogen and oxygen atoms in total. The van der Waals surface area contributed by atoms with Crippen LogP contribution in [-0.4, -0.2) is 26.9 Å². The number of ether oxygens (including phenoxy) is 2. The summed E-state index contributed by atoms with van der Waals surface area (Å²) in [6.45, 7) is 4.46. The summed E-state index contributed by atoms with van der Waals surface area (Å²) in [7, 11) is 1.59. The van der Waals surface area contributed by atoms with Crippen molar-refractivity contribution in [1.82, 2.24) is 5.32 Å². The molecule has 2 unspecified atom stereocenters. The van der Waals surface area contributed by atoms with Crippen LogP contribution in [0.4, 0.5) is 4.39 Å². The molecule has 0 saturated carbocycles. The largest absolute Gasteiger partial charge is 0.496 e. The highest BCUT2D eigenvalue weighted by molar-refractivity contribution is 5.37. The van der Waals surface area contributed by atoms with E-state index in [1.165, 1.54) is 6.07 Å². The Morgan fingerprint density at radius 1 is 1.50 bits per heavy atom. The van der Waals surface area contributed by atoms with Crippen molar-refractivity contribution in [3.8, 4) is 5.75 Å². The summed E-state index contributed by atoms with van der Waals surface area (Å²) in [6, 6.07) is 4.96. The Balaban J connectivity index is 2.29. The predicted octanol–water partition coefficient (Wildman–Crippen LogP) is 3.30. The smallest absolute Gasteiger partial charge is 0.131 e. The predicted molar refractivity (Wildman–Crippen MR) is 77.5 cm³/mol. The summed E-state index contributed by atoms with van der Waals surface area (Å²) in [5, 5.41) is 3.47. The van der Waals surface area contributed by atoms with Crippen molar-refractivity contribution in [3.63, 3.8) is 0 Å². The number of methoxy groups -OCH3 is 1. The topological polar surface area (TPSA) is 30.5 Å². The third kappa shape index (κ3) is 3.49. The molecule has 1 aliphatic heterocycles. The number of benzene rings is 1. The first-order valence-corrected chi connectivity index (χ1v) is 7.41. The summed E-state index contributed by atoms with van der Waals surface area (Å²) < 4.78 is 25.2. The number of hydrogen-bond donors (Lipinski definition) is 1. The van der Waals surface area contributed by atoms with Gasteiger partial charge in [-0.2, -0.15) is 0 Å². The van der Waals surface area contributed by atoms with Gasteiger partial charge in [-0.05, 0) is 37.9 Å². The Hall–Kier alpha value is -1.13. The summed E-state index contributed by atoms with van der Waals surface area (Å²) in [5.74, 6) is 0.703. The van der Waals surface area contributed by atoms with Crippen molar-refractivity contribution in [2.45, 2.75) is 32.2 Å². The van der Waals surface area contributed by atoms with E-state index in [4.69, 9.17) is 9.47 Å². The minimum absolute atomic E-state index is 0.0496. The monoisotopic (exact) mass is 281 g/mol. The second-order valence-corrected chi connectivity index (χ2v) is 5.26. The lowest BCUT2D eigenvalue weighted by atomic mass is 9.87. The lowest BCUT2D eigenvalue weighted by molar-refractivity contribution is 0.0381. The SMILES string of the molecule is CCCNC(c1c(F)cccc1OC)C1CCCOC1. The van der Waals surface area contributed by atoms with Gasteiger partial charge in [-0.15, -0.1) is 0 Å². The molecule has 0 aliphatic carbocycles. The zero-order valence-corrected chi connectivity index (χ0v) is 12.3. The highest BCUT2D eigenvalue weighted by Gasteiger charge is 2.29. The molecule has 2 rings (SSSR count). The maximum atomic E-state index is 14.3. The van der Waals surface area contributed by atoms with Crippen LogP contribution < -0.4 is 10.1 Å². The van der Waals surface area contributed by atoms with Crippen molar-refractivity contribution in [1.29, 1.82) is 0 Å². The molecule has 1 N–H and O–H groups in total. The van der Waals surface area contributed by atoms with Crippen LogP contribution in [0, 0.1) is 11.7 Å². The van der Waals surface area contributed by atoms with Crippen LogP contribution in [0.3, 0.4) is 0 Å². The highest BCUT2D eigenvalue weighted by atomic mass is 19.1. The van der Waals surface area contributed by atoms with Crippen molar-refractivity contribution in [2.75, 3.05) is 26.9 Å². The van der Waals surface area contributed by atoms with Crippen LogP contribution >= 0.6 is 0 Å². The molecule has 0 bridgehead atoms. The van der Waals surface area contributed by atoms with E-state index in [1.54, 1.807) is 13.2 Å². The first kappa shape index (κ1) is 15.3. The van der Waals surface area contributed by atoms with Gasteiger partial charge in [-0.3, -0.25) is 0 Å². The van der Waals surface area contributed by atoms with Crippen LogP contribution in [0.25, 0.3) is 0 Å². The number of halogens is 1. The Labute approximate surface area is 120 Å². The lowest BCUT2D eigenvalue weighted by Crippen LogP contribution is -2.34. The Morgan fingerprint density at radius 3 is 3.00 bits per heavy atom. The number of nitrogens with one attached hydrogen (secondary N) is 1. The van der Waals surface area contributed by atoms with E-state index in [-0.39, 0.29) is 11.9 Å². The second-order valence-electron chi connectivity index (χ2n) is 5.26. The van der Waals surface area contributed by atoms with Gasteiger partial charge in [-0.1, -0.05) is 13.0 Å². The van der Waals surface area contributed by atoms with Gasteiger partial charge in [0.25, 0.3) is 0 Å². The van der Waals surface area contributed by atoms with Crippen molar-refractivity contribution in [2.24, 2.45) is 5.92 Å². The minimum atomic E-state index is -0.205. The molecule has 0 amide bonds. The summed E-state index contributed by atoms with van der Waals surface area (Å²) >= 11 is 0. The Kier molecular flexibility index (Phi) is 5.80. The quantitative estimate of drug-likeness (QED) is 0.868. The van der Waals surface area contributed by atoms with Crippen molar-refractivity contribution in [3.05, 3.63) is 29.6 Å². The molecule has 112 valence electrons. The molecule has 0 radical (unpaired) electrons. The maximum Gasteiger partial charge on any atom is 0.131 e. The van der Waals surface area contributed by atoms with Gasteiger partial charge in [0.2, 0.25) is 0 Å². The van der Waals surface area contributed by atoms with Gasteiger partial charge in [-0.25, -0.2) is 4.39 Å². The summed E-state index contributed by atoms with van der Waals surface area (Å²) in [4.78, 5) is 0. The van der Waals surface area contributed by atoms with Crippen LogP contribution in [0.5, 0.6) is 5.75 Å². The van der Waals surface area contributed by atoms with E-state index >= 15 is 0 Å². The van der Waals surface area contributed by atoms with Gasteiger partial charge in [0.05, 0.1) is 13.7 Å². The summed E-state index contributed by atoms with van der Waals surface area (Å²) in [5.41, 5.74) is 0.638. The van der Waals surface area contributed by atoms with Gasteiger partial charge in [0, 0.05) is 24.1 Å². The first-order valence-electron chi connectivity index (χ1n) is 7.41. The van der Waals surface area contributed by atoms with Crippen molar-refractivity contribution >= 4 is 0 Å². The Morgan fingerprint density at radius 2 is 2.35 bits per heavy atom. The van der Waals surface area contributed by atoms with Gasteiger partial charge in [0.1, 0.15) is 11.6 Å². The summed E-state index contributed by atoms with van der Waals surface area (Å²) in [6.07, 6.45) is 3.10. The molecule has 1 aliphatic rings. The molecule has 1 aromatic rings. The highest BCUT2D eigenvalue weighted by Crippen LogP contribution is 2.35. The van der Waals surface area contributed by atoms with Gasteiger partial charge in [0.15, 0.2) is 0 Å². The first-order chi connectivity index (χ1) is 9.77. The van der Waals surface area contributed by atoms with E-state index in [0.29, 0.717) is 23.8 Å². The molecule has 1 aromatic carbocycles. The number of rotatable bonds is 6. The maximum absolute atomic E-state index is 14.3.